The summed E-state index contributed by atoms with van der Waals surface area (Å²) in [5.41, 5.74) is 5.34. The van der Waals surface area contributed by atoms with Gasteiger partial charge in [-0.2, -0.15) is 0 Å². The lowest BCUT2D eigenvalue weighted by Crippen LogP contribution is -1.95. The second-order valence-corrected chi connectivity index (χ2v) is 2.94. The van der Waals surface area contributed by atoms with Crippen LogP contribution in [-0.2, 0) is 6.61 Å². The summed E-state index contributed by atoms with van der Waals surface area (Å²) in [7, 11) is 0. The zero-order chi connectivity index (χ0) is 10.7. The number of benzene rings is 1. The van der Waals surface area contributed by atoms with Gasteiger partial charge in [0.2, 0.25) is 0 Å². The van der Waals surface area contributed by atoms with E-state index in [9.17, 15) is 4.39 Å². The predicted molar refractivity (Wildman–Crippen MR) is 51.6 cm³/mol. The number of ether oxygens (including phenoxy) is 1. The molecular weight excluding hydrogens is 199 g/mol. The van der Waals surface area contributed by atoms with Gasteiger partial charge in [0.05, 0.1) is 0 Å². The van der Waals surface area contributed by atoms with Crippen molar-refractivity contribution in [1.82, 2.24) is 5.16 Å². The molecule has 78 valence electrons. The molecule has 1 aromatic heterocycles. The molecule has 2 N–H and O–H groups in total. The lowest BCUT2D eigenvalue weighted by molar-refractivity contribution is 0.241. The smallest absolute Gasteiger partial charge is 0.176 e. The number of para-hydroxylation sites is 1. The highest BCUT2D eigenvalue weighted by Crippen LogP contribution is 2.17. The first-order valence-electron chi connectivity index (χ1n) is 4.34. The number of hydrogen-bond acceptors (Lipinski definition) is 4. The van der Waals surface area contributed by atoms with Gasteiger partial charge in [-0.15, -0.1) is 0 Å². The summed E-state index contributed by atoms with van der Waals surface area (Å²) in [4.78, 5) is 0. The van der Waals surface area contributed by atoms with Crippen molar-refractivity contribution in [3.05, 3.63) is 41.9 Å². The van der Waals surface area contributed by atoms with Gasteiger partial charge < -0.3 is 15.0 Å². The summed E-state index contributed by atoms with van der Waals surface area (Å²) < 4.78 is 23.1. The standard InChI is InChI=1S/C10H9FN2O2/c11-8-3-1-2-4-9(8)14-6-7-5-10(12)13-15-7/h1-5H,6H2,(H2,12,13). The molecule has 0 spiro atoms. The van der Waals surface area contributed by atoms with Gasteiger partial charge in [0.25, 0.3) is 0 Å². The number of nitrogens with zero attached hydrogens (tertiary/aromatic N) is 1. The molecule has 0 aliphatic carbocycles. The van der Waals surface area contributed by atoms with Crippen LogP contribution in [0.3, 0.4) is 0 Å². The highest BCUT2D eigenvalue weighted by atomic mass is 19.1. The number of hydrogen-bond donors (Lipinski definition) is 1. The molecule has 2 aromatic rings. The minimum absolute atomic E-state index is 0.102. The Labute approximate surface area is 85.4 Å². The van der Waals surface area contributed by atoms with Crippen LogP contribution in [0.4, 0.5) is 10.2 Å². The molecule has 0 saturated heterocycles. The van der Waals surface area contributed by atoms with Crippen molar-refractivity contribution < 1.29 is 13.7 Å². The van der Waals surface area contributed by atoms with Crippen molar-refractivity contribution in [3.8, 4) is 5.75 Å². The summed E-state index contributed by atoms with van der Waals surface area (Å²) in [5, 5.41) is 3.48. The average molecular weight is 208 g/mol. The largest absolute Gasteiger partial charge is 0.482 e. The number of nitrogens with two attached hydrogens (primary N) is 1. The monoisotopic (exact) mass is 208 g/mol. The normalized spacial score (nSPS) is 10.2. The fourth-order valence-corrected chi connectivity index (χ4v) is 1.11. The molecule has 0 amide bonds. The van der Waals surface area contributed by atoms with Crippen LogP contribution in [0.5, 0.6) is 5.75 Å². The van der Waals surface area contributed by atoms with Crippen LogP contribution in [-0.4, -0.2) is 5.16 Å². The Balaban J connectivity index is 2.02. The summed E-state index contributed by atoms with van der Waals surface area (Å²) in [6, 6.07) is 7.67. The van der Waals surface area contributed by atoms with Gasteiger partial charge >= 0.3 is 0 Å². The van der Waals surface area contributed by atoms with Crippen LogP contribution in [0.1, 0.15) is 5.76 Å². The number of anilines is 1. The topological polar surface area (TPSA) is 61.3 Å². The lowest BCUT2D eigenvalue weighted by Gasteiger charge is -2.03. The SMILES string of the molecule is Nc1cc(COc2ccccc2F)on1. The molecule has 0 unspecified atom stereocenters. The molecular formula is C10H9FN2O2. The van der Waals surface area contributed by atoms with Crippen LogP contribution in [0.25, 0.3) is 0 Å². The van der Waals surface area contributed by atoms with Gasteiger partial charge in [-0.3, -0.25) is 0 Å². The first kappa shape index (κ1) is 9.51. The first-order chi connectivity index (χ1) is 7.25. The minimum atomic E-state index is -0.412. The highest BCUT2D eigenvalue weighted by Gasteiger charge is 2.05. The minimum Gasteiger partial charge on any atom is -0.482 e. The van der Waals surface area contributed by atoms with Gasteiger partial charge in [0.1, 0.15) is 6.61 Å². The molecule has 2 rings (SSSR count). The van der Waals surface area contributed by atoms with E-state index >= 15 is 0 Å². The lowest BCUT2D eigenvalue weighted by atomic mass is 10.3. The van der Waals surface area contributed by atoms with E-state index in [1.54, 1.807) is 12.1 Å². The van der Waals surface area contributed by atoms with Crippen LogP contribution >= 0.6 is 0 Å². The van der Waals surface area contributed by atoms with Crippen LogP contribution in [0.15, 0.2) is 34.9 Å². The van der Waals surface area contributed by atoms with Crippen molar-refractivity contribution in [1.29, 1.82) is 0 Å². The van der Waals surface area contributed by atoms with Gasteiger partial charge in [-0.05, 0) is 12.1 Å². The van der Waals surface area contributed by atoms with Crippen molar-refractivity contribution in [3.63, 3.8) is 0 Å². The van der Waals surface area contributed by atoms with Crippen molar-refractivity contribution in [2.45, 2.75) is 6.61 Å². The first-order valence-corrected chi connectivity index (χ1v) is 4.34. The summed E-state index contributed by atoms with van der Waals surface area (Å²) in [6.45, 7) is 0.102. The van der Waals surface area contributed by atoms with Gasteiger partial charge in [0.15, 0.2) is 23.1 Å². The average Bonchev–Trinajstić information content (AvgIpc) is 2.63. The zero-order valence-electron chi connectivity index (χ0n) is 7.81. The van der Waals surface area contributed by atoms with E-state index in [1.165, 1.54) is 18.2 Å². The fraction of sp³-hybridized carbons (Fsp3) is 0.100. The van der Waals surface area contributed by atoms with Crippen LogP contribution in [0.2, 0.25) is 0 Å². The number of halogens is 1. The van der Waals surface area contributed by atoms with E-state index in [1.807, 2.05) is 0 Å². The predicted octanol–water partition coefficient (Wildman–Crippen LogP) is 1.97. The van der Waals surface area contributed by atoms with Crippen LogP contribution < -0.4 is 10.5 Å². The Bertz CT molecular complexity index is 456. The maximum absolute atomic E-state index is 13.1. The molecule has 0 atom stereocenters. The van der Waals surface area contributed by atoms with E-state index in [0.29, 0.717) is 5.76 Å². The second kappa shape index (κ2) is 4.00. The Morgan fingerprint density at radius 3 is 2.87 bits per heavy atom. The van der Waals surface area contributed by atoms with E-state index < -0.39 is 5.82 Å². The molecule has 1 heterocycles. The van der Waals surface area contributed by atoms with Gasteiger partial charge in [-0.25, -0.2) is 4.39 Å². The number of rotatable bonds is 3. The molecule has 4 nitrogen and oxygen atoms in total. The molecule has 0 aliphatic rings. The fourth-order valence-electron chi connectivity index (χ4n) is 1.11. The third kappa shape index (κ3) is 2.25. The van der Waals surface area contributed by atoms with E-state index in [0.717, 1.165) is 0 Å². The number of nitrogen functional groups attached to an aromatic ring is 1. The quantitative estimate of drug-likeness (QED) is 0.837. The van der Waals surface area contributed by atoms with Crippen molar-refractivity contribution in [2.75, 3.05) is 5.73 Å². The third-order valence-corrected chi connectivity index (χ3v) is 1.78. The number of aromatic nitrogens is 1. The Morgan fingerprint density at radius 2 is 2.20 bits per heavy atom. The third-order valence-electron chi connectivity index (χ3n) is 1.78. The Hall–Kier alpha value is -2.04. The molecule has 0 fully saturated rings. The van der Waals surface area contributed by atoms with Crippen molar-refractivity contribution in [2.24, 2.45) is 0 Å². The summed E-state index contributed by atoms with van der Waals surface area (Å²) in [6.07, 6.45) is 0. The molecule has 0 aliphatic heterocycles. The van der Waals surface area contributed by atoms with E-state index in [-0.39, 0.29) is 18.2 Å². The molecule has 0 radical (unpaired) electrons. The van der Waals surface area contributed by atoms with Crippen molar-refractivity contribution >= 4 is 5.82 Å². The van der Waals surface area contributed by atoms with E-state index in [2.05, 4.69) is 5.16 Å². The second-order valence-electron chi connectivity index (χ2n) is 2.94. The summed E-state index contributed by atoms with van der Waals surface area (Å²) >= 11 is 0. The Morgan fingerprint density at radius 1 is 1.40 bits per heavy atom. The maximum Gasteiger partial charge on any atom is 0.176 e. The Kier molecular flexibility index (Phi) is 2.53. The molecule has 15 heavy (non-hydrogen) atoms. The molecule has 5 heteroatoms. The van der Waals surface area contributed by atoms with E-state index in [4.69, 9.17) is 15.0 Å². The van der Waals surface area contributed by atoms with Crippen LogP contribution in [0, 0.1) is 5.82 Å². The molecule has 0 bridgehead atoms. The maximum atomic E-state index is 13.1. The molecule has 1 aromatic carbocycles. The highest BCUT2D eigenvalue weighted by molar-refractivity contribution is 5.27. The zero-order valence-corrected chi connectivity index (χ0v) is 7.81. The summed E-state index contributed by atoms with van der Waals surface area (Å²) in [5.74, 6) is 0.496. The molecule has 0 saturated carbocycles. The van der Waals surface area contributed by atoms with Gasteiger partial charge in [-0.1, -0.05) is 17.3 Å². The van der Waals surface area contributed by atoms with Gasteiger partial charge in [0, 0.05) is 6.07 Å².